The van der Waals surface area contributed by atoms with Crippen molar-refractivity contribution < 1.29 is 218 Å². The number of rotatable bonds is 42. The molecule has 2 aliphatic heterocycles. The number of aliphatic carboxylic acids is 5. The third-order valence-electron chi connectivity index (χ3n) is 20.9. The number of hydrogen-bond donors (Lipinski definition) is 10. The Morgan fingerprint density at radius 1 is 0.375 bits per heavy atom. The lowest BCUT2D eigenvalue weighted by Gasteiger charge is -2.25. The third-order valence-corrected chi connectivity index (χ3v) is 20.9. The summed E-state index contributed by atoms with van der Waals surface area (Å²) in [5.41, 5.74) is 0. The largest absolute Gasteiger partial charge is 0.481 e. The normalized spacial score (nSPS) is 20.0. The van der Waals surface area contributed by atoms with Gasteiger partial charge in [-0.05, 0) is 77.7 Å². The number of aliphatic hydroxyl groups excluding tert-OH is 5. The molecule has 0 radical (unpaired) electrons. The Bertz CT molecular complexity index is 4030. The van der Waals surface area contributed by atoms with Gasteiger partial charge in [0.25, 0.3) is 0 Å². The van der Waals surface area contributed by atoms with Crippen molar-refractivity contribution >= 4 is 125 Å². The van der Waals surface area contributed by atoms with Crippen LogP contribution in [-0.4, -0.2) is 419 Å². The molecule has 2 heterocycles. The number of cyclic esters (lactones) is 8. The van der Waals surface area contributed by atoms with Crippen molar-refractivity contribution in [3.05, 3.63) is 60.8 Å². The zero-order valence-electron chi connectivity index (χ0n) is 83.9. The van der Waals surface area contributed by atoms with Crippen molar-refractivity contribution in [1.82, 2.24) is 24.5 Å². The standard InChI is InChI=1S/C64H97N3O27.C10H17NO6.C10H16O6.C6H15NO3.C4H2O3/c1-11-48-42-49(12-2)63(81)94-37-28-67(22-31-88-56(74)19-18-53(71)83-9)26-35-92-60(78)46(7)41-51(64(82)85-13-3)40-45(6)59(77)91-33-24-65(20-29-86-54(72)16-14-47(8)68)23-32-89-57(75)43(4)38-50(61(79)84-10)39-44(5)58(76)90-34-25-66(27-36-93-62(48)80)21-30-87-55(73)17-15-52(69)70;12-6-3-11(4-7-13)5-8-17-10(16)2-1-9(14)15;1-5(8(11)12)3-7(10(15)16)4-6(2)9(13)14;8-4-1-7(2-5-9)3-6-10;5-3-1-2-4(6)7-3/h14-19,43-46,48-51H,11-13,20-42H2,1-10H3,(H,69,70);1-2,12-13H,3-8H2,(H,14,15);5-7H,3-4H2,1-2H3,(H,11,12)(H,13,14)(H,15,16);8-10H,1-6H2;1-2H/b16-14-,17-15-,19-18-;2-1-;;;. The summed E-state index contributed by atoms with van der Waals surface area (Å²) in [7, 11) is 2.29. The summed E-state index contributed by atoms with van der Waals surface area (Å²) in [5.74, 6) is -26.5. The molecule has 10 unspecified atom stereocenters. The number of ether oxygens (including phenoxy) is 14. The first-order valence-corrected chi connectivity index (χ1v) is 46.6. The molecule has 1 saturated heterocycles. The van der Waals surface area contributed by atoms with E-state index in [-0.39, 0.29) is 228 Å². The van der Waals surface area contributed by atoms with Crippen LogP contribution in [0.2, 0.25) is 0 Å². The number of methoxy groups -OCH3 is 2. The van der Waals surface area contributed by atoms with E-state index < -0.39 is 184 Å². The smallest absolute Gasteiger partial charge is 0.338 e. The molecule has 0 saturated carbocycles. The third kappa shape index (κ3) is 70.3. The Morgan fingerprint density at radius 3 is 0.917 bits per heavy atom. The summed E-state index contributed by atoms with van der Waals surface area (Å²) < 4.78 is 72.9. The van der Waals surface area contributed by atoms with E-state index in [0.29, 0.717) is 51.4 Å². The van der Waals surface area contributed by atoms with E-state index in [4.69, 9.17) is 108 Å². The summed E-state index contributed by atoms with van der Waals surface area (Å²) in [4.78, 5) is 259. The first-order chi connectivity index (χ1) is 68.2. The van der Waals surface area contributed by atoms with Crippen molar-refractivity contribution in [3.63, 3.8) is 0 Å². The van der Waals surface area contributed by atoms with Crippen molar-refractivity contribution in [2.75, 3.05) is 218 Å². The monoisotopic (exact) mass is 2070 g/mol. The molecule has 50 heteroatoms. The predicted octanol–water partition coefficient (Wildman–Crippen LogP) is 0.0829. The summed E-state index contributed by atoms with van der Waals surface area (Å²) in [6, 6.07) is 0. The Morgan fingerprint density at radius 2 is 0.660 bits per heavy atom. The van der Waals surface area contributed by atoms with E-state index in [0.717, 1.165) is 62.8 Å². The molecule has 10 atom stereocenters. The van der Waals surface area contributed by atoms with E-state index in [1.54, 1.807) is 52.2 Å². The number of esters is 15. The Balaban J connectivity index is -0.00000316. The number of hydrogen-bond acceptors (Lipinski definition) is 45. The van der Waals surface area contributed by atoms with E-state index in [9.17, 15) is 101 Å². The zero-order chi connectivity index (χ0) is 110. The van der Waals surface area contributed by atoms with Crippen molar-refractivity contribution in [1.29, 1.82) is 0 Å². The van der Waals surface area contributed by atoms with Gasteiger partial charge in [0, 0.05) is 153 Å². The van der Waals surface area contributed by atoms with Gasteiger partial charge in [0.05, 0.1) is 119 Å². The van der Waals surface area contributed by atoms with Crippen LogP contribution in [0.5, 0.6) is 0 Å². The summed E-state index contributed by atoms with van der Waals surface area (Å²) >= 11 is 0. The predicted molar refractivity (Wildman–Crippen MR) is 499 cm³/mol. The number of nitrogens with zero attached hydrogens (tertiary/aromatic N) is 5. The van der Waals surface area contributed by atoms with E-state index in [1.807, 2.05) is 0 Å². The SMILES string of the molecule is CC(CC(CC(C)C(=O)O)C(=O)O)C(=O)O.CCOC(=O)C1CC(C)C(=O)OCCN(CCOC(=O)/C=C\C(C)=O)CCOC(=O)C(C)CC(C(=O)OC)CC(C)C(=O)OCCN(CCOC(=O)/C=C\C(=O)O)CCOC(=O)C(CC)CC(CC)C(=O)OCCN(CCOC(=O)/C=C\C(=O)OC)CCOC(=O)C(C)C1.O=C(O)/C=C\C(=O)OCCN(CCO)CCO.O=C1C=CC(=O)O1.OCCN(CCO)CCO. The fourth-order valence-electron chi connectivity index (χ4n) is 12.8. The molecule has 10 N–H and O–H groups in total. The number of aliphatic hydroxyl groups is 5. The summed E-state index contributed by atoms with van der Waals surface area (Å²) in [6.07, 6.45) is 8.93. The lowest BCUT2D eigenvalue weighted by Crippen LogP contribution is -2.37. The first kappa shape index (κ1) is 136. The molecule has 0 aromatic heterocycles. The number of carbonyl (C=O) groups excluding carboxylic acids is 16. The van der Waals surface area contributed by atoms with Crippen LogP contribution in [-0.2, 0) is 167 Å². The van der Waals surface area contributed by atoms with E-state index >= 15 is 0 Å². The molecule has 2 aliphatic rings. The topological polar surface area (TPSA) is 706 Å². The Kier molecular flexibility index (Phi) is 78.2. The van der Waals surface area contributed by atoms with Gasteiger partial charge in [-0.15, -0.1) is 0 Å². The Hall–Kier alpha value is -12.4. The fraction of sp³-hybridized carbons (Fsp3) is 0.670. The van der Waals surface area contributed by atoms with Crippen molar-refractivity contribution in [2.45, 2.75) is 127 Å². The summed E-state index contributed by atoms with van der Waals surface area (Å²) in [5, 5.41) is 86.2. The molecule has 0 aliphatic carbocycles. The molecule has 2 rings (SSSR count). The highest BCUT2D eigenvalue weighted by Crippen LogP contribution is 2.28. The zero-order valence-corrected chi connectivity index (χ0v) is 83.9. The minimum Gasteiger partial charge on any atom is -0.481 e. The molecular formula is C94H147N5O45. The number of carbonyl (C=O) groups is 21. The quantitative estimate of drug-likeness (QED) is 0.0167. The first-order valence-electron chi connectivity index (χ1n) is 46.6. The second-order valence-corrected chi connectivity index (χ2v) is 32.4. The summed E-state index contributed by atoms with van der Waals surface area (Å²) in [6.45, 7) is 16.6. The van der Waals surface area contributed by atoms with E-state index in [1.165, 1.54) is 41.5 Å². The van der Waals surface area contributed by atoms with Gasteiger partial charge in [-0.25, -0.2) is 43.2 Å². The van der Waals surface area contributed by atoms with Crippen LogP contribution in [0.3, 0.4) is 0 Å². The molecule has 818 valence electrons. The lowest BCUT2D eigenvalue weighted by atomic mass is 9.88. The maximum Gasteiger partial charge on any atom is 0.338 e. The van der Waals surface area contributed by atoms with Crippen LogP contribution in [0.1, 0.15) is 127 Å². The van der Waals surface area contributed by atoms with Crippen LogP contribution < -0.4 is 0 Å². The highest BCUT2D eigenvalue weighted by Gasteiger charge is 2.35. The number of ketones is 1. The maximum absolute atomic E-state index is 13.6. The van der Waals surface area contributed by atoms with E-state index in [2.05, 4.69) is 9.47 Å². The molecule has 0 spiro atoms. The van der Waals surface area contributed by atoms with Crippen LogP contribution in [0.15, 0.2) is 60.8 Å². The average Bonchev–Trinajstić information content (AvgIpc) is 0.897. The Labute approximate surface area is 835 Å². The van der Waals surface area contributed by atoms with Gasteiger partial charge in [0.2, 0.25) is 0 Å². The van der Waals surface area contributed by atoms with Gasteiger partial charge in [0.15, 0.2) is 5.78 Å². The van der Waals surface area contributed by atoms with Gasteiger partial charge in [0.1, 0.15) is 66.1 Å². The lowest BCUT2D eigenvalue weighted by molar-refractivity contribution is -0.156. The van der Waals surface area contributed by atoms with Gasteiger partial charge in [-0.3, -0.25) is 82.0 Å². The van der Waals surface area contributed by atoms with Gasteiger partial charge in [-0.1, -0.05) is 55.4 Å². The second kappa shape index (κ2) is 82.9. The average molecular weight is 2070 g/mol. The minimum absolute atomic E-state index is 0.00449. The highest BCUT2D eigenvalue weighted by molar-refractivity contribution is 6.05. The van der Waals surface area contributed by atoms with Crippen LogP contribution in [0, 0.1) is 65.1 Å². The molecule has 0 amide bonds. The van der Waals surface area contributed by atoms with Crippen molar-refractivity contribution in [3.8, 4) is 0 Å². The molecule has 0 aromatic carbocycles. The van der Waals surface area contributed by atoms with Gasteiger partial charge < -0.3 is 117 Å². The molecule has 0 bridgehead atoms. The molecule has 144 heavy (non-hydrogen) atoms. The van der Waals surface area contributed by atoms with Crippen LogP contribution in [0.25, 0.3) is 0 Å². The van der Waals surface area contributed by atoms with Crippen molar-refractivity contribution in [2.24, 2.45) is 65.1 Å². The highest BCUT2D eigenvalue weighted by atomic mass is 16.6. The molecule has 0 aromatic rings. The van der Waals surface area contributed by atoms with Gasteiger partial charge >= 0.3 is 119 Å². The van der Waals surface area contributed by atoms with Crippen LogP contribution >= 0.6 is 0 Å². The fourth-order valence-corrected chi connectivity index (χ4v) is 12.8. The number of carboxylic acid groups (broad SMARTS) is 5. The molecule has 50 nitrogen and oxygen atoms in total. The minimum atomic E-state index is -1.37. The maximum atomic E-state index is 13.6. The van der Waals surface area contributed by atoms with Gasteiger partial charge in [-0.2, -0.15) is 0 Å². The number of allylic oxidation sites excluding steroid dienone is 1. The molecular weight excluding hydrogens is 1920 g/mol. The van der Waals surface area contributed by atoms with Crippen LogP contribution in [0.4, 0.5) is 0 Å². The second-order valence-electron chi connectivity index (χ2n) is 32.4. The molecule has 1 fully saturated rings. The number of carboxylic acids is 5.